The lowest BCUT2D eigenvalue weighted by molar-refractivity contribution is -0.156. The quantitative estimate of drug-likeness (QED) is 0.607. The number of hydrogen-bond donors (Lipinski definition) is 2. The summed E-state index contributed by atoms with van der Waals surface area (Å²) in [5.41, 5.74) is 0.240. The molecular formula is C25H32N2O6. The zero-order valence-corrected chi connectivity index (χ0v) is 19.6. The number of carboxylic acid groups (broad SMARTS) is 1. The van der Waals surface area contributed by atoms with Crippen molar-refractivity contribution in [3.63, 3.8) is 0 Å². The summed E-state index contributed by atoms with van der Waals surface area (Å²) in [6.07, 6.45) is 2.03. The largest absolute Gasteiger partial charge is 0.481 e. The van der Waals surface area contributed by atoms with Gasteiger partial charge in [0.05, 0.1) is 18.1 Å². The number of carbonyl (C=O) groups is 3. The van der Waals surface area contributed by atoms with Crippen molar-refractivity contribution in [3.8, 4) is 0 Å². The van der Waals surface area contributed by atoms with Crippen molar-refractivity contribution in [3.05, 3.63) is 42.0 Å². The molecule has 3 aliphatic heterocycles. The average Bonchev–Trinajstić information content (AvgIpc) is 3.24. The van der Waals surface area contributed by atoms with Crippen molar-refractivity contribution in [2.45, 2.75) is 51.4 Å². The highest BCUT2D eigenvalue weighted by atomic mass is 16.5. The second-order valence-electron chi connectivity index (χ2n) is 9.78. The minimum absolute atomic E-state index is 0.0665. The van der Waals surface area contributed by atoms with E-state index in [1.807, 2.05) is 39.0 Å². The van der Waals surface area contributed by atoms with E-state index in [9.17, 15) is 24.6 Å². The Balaban J connectivity index is 1.87. The summed E-state index contributed by atoms with van der Waals surface area (Å²) in [5.74, 6) is -4.07. The van der Waals surface area contributed by atoms with Crippen LogP contribution in [0.15, 0.2) is 30.9 Å². The van der Waals surface area contributed by atoms with Gasteiger partial charge in [-0.3, -0.25) is 14.4 Å². The molecule has 1 aromatic carbocycles. The van der Waals surface area contributed by atoms with E-state index in [1.54, 1.807) is 17.9 Å². The topological polar surface area (TPSA) is 107 Å². The molecule has 3 saturated heterocycles. The van der Waals surface area contributed by atoms with Crippen LogP contribution in [0.3, 0.4) is 0 Å². The predicted molar refractivity (Wildman–Crippen MR) is 122 cm³/mol. The molecule has 2 N–H and O–H groups in total. The molecule has 8 nitrogen and oxygen atoms in total. The maximum Gasteiger partial charge on any atom is 0.310 e. The van der Waals surface area contributed by atoms with E-state index in [0.717, 1.165) is 16.8 Å². The molecule has 0 radical (unpaired) electrons. The Kier molecular flexibility index (Phi) is 5.65. The third kappa shape index (κ3) is 3.07. The van der Waals surface area contributed by atoms with Crippen LogP contribution in [-0.4, -0.2) is 69.8 Å². The van der Waals surface area contributed by atoms with E-state index in [4.69, 9.17) is 4.74 Å². The standard InChI is InChI=1S/C25H32N2O6/c1-6-10-26(19-14(2)8-7-9-15(19)3)22(30)20-25-13-16(4)24(5,33-25)18(23(31)32)17(25)21(29)27(20)11-12-28/h6-9,16-18,20,28H,1,10-13H2,2-5H3,(H,31,32)/t16?,17-,18+,20?,24-,25?/m0/s1. The number of rotatable bonds is 7. The van der Waals surface area contributed by atoms with Crippen LogP contribution in [0.2, 0.25) is 0 Å². The van der Waals surface area contributed by atoms with Gasteiger partial charge in [-0.1, -0.05) is 31.2 Å². The fourth-order valence-electron chi connectivity index (χ4n) is 6.54. The van der Waals surface area contributed by atoms with Gasteiger partial charge in [0.15, 0.2) is 0 Å². The van der Waals surface area contributed by atoms with Crippen LogP contribution in [-0.2, 0) is 19.1 Å². The molecule has 2 amide bonds. The number of benzene rings is 1. The fourth-order valence-corrected chi connectivity index (χ4v) is 6.54. The van der Waals surface area contributed by atoms with Crippen molar-refractivity contribution in [2.24, 2.45) is 17.8 Å². The number of aliphatic carboxylic acids is 1. The maximum atomic E-state index is 14.3. The number of likely N-dealkylation sites (tertiary alicyclic amines) is 1. The minimum atomic E-state index is -1.25. The molecule has 0 saturated carbocycles. The first-order chi connectivity index (χ1) is 15.5. The second-order valence-corrected chi connectivity index (χ2v) is 9.78. The molecule has 1 spiro atoms. The molecule has 3 aliphatic rings. The Hall–Kier alpha value is -2.71. The zero-order chi connectivity index (χ0) is 24.3. The van der Waals surface area contributed by atoms with Crippen molar-refractivity contribution in [1.29, 1.82) is 0 Å². The summed E-state index contributed by atoms with van der Waals surface area (Å²) in [6, 6.07) is 4.71. The Morgan fingerprint density at radius 3 is 2.52 bits per heavy atom. The van der Waals surface area contributed by atoms with Gasteiger partial charge in [-0.05, 0) is 44.2 Å². The maximum absolute atomic E-state index is 14.3. The van der Waals surface area contributed by atoms with Gasteiger partial charge >= 0.3 is 5.97 Å². The van der Waals surface area contributed by atoms with Gasteiger partial charge in [-0.2, -0.15) is 0 Å². The predicted octanol–water partition coefficient (Wildman–Crippen LogP) is 1.91. The van der Waals surface area contributed by atoms with Crippen LogP contribution in [0.5, 0.6) is 0 Å². The SMILES string of the molecule is C=CCN(C(=O)C1N(CCO)C(=O)[C@@H]2[C@H](C(=O)O)[C@@]3(C)OC12CC3C)c1c(C)cccc1C. The first-order valence-corrected chi connectivity index (χ1v) is 11.4. The normalized spacial score (nSPS) is 34.5. The monoisotopic (exact) mass is 456 g/mol. The third-order valence-electron chi connectivity index (χ3n) is 7.94. The number of fused-ring (bicyclic) bond motifs is 1. The lowest BCUT2D eigenvalue weighted by atomic mass is 9.62. The van der Waals surface area contributed by atoms with E-state index in [-0.39, 0.29) is 31.5 Å². The van der Waals surface area contributed by atoms with Crippen molar-refractivity contribution >= 4 is 23.5 Å². The van der Waals surface area contributed by atoms with E-state index < -0.39 is 41.0 Å². The van der Waals surface area contributed by atoms with Crippen LogP contribution in [0.1, 0.15) is 31.4 Å². The highest BCUT2D eigenvalue weighted by Crippen LogP contribution is 2.65. The number of hydrogen-bond acceptors (Lipinski definition) is 5. The number of aliphatic hydroxyl groups is 1. The van der Waals surface area contributed by atoms with Gasteiger partial charge in [-0.25, -0.2) is 0 Å². The lowest BCUT2D eigenvalue weighted by Gasteiger charge is -2.37. The highest BCUT2D eigenvalue weighted by molar-refractivity contribution is 6.05. The summed E-state index contributed by atoms with van der Waals surface area (Å²) in [4.78, 5) is 43.1. The molecular weight excluding hydrogens is 424 g/mol. The van der Waals surface area contributed by atoms with Crippen LogP contribution < -0.4 is 4.90 Å². The fraction of sp³-hybridized carbons (Fsp3) is 0.560. The van der Waals surface area contributed by atoms with Crippen molar-refractivity contribution in [2.75, 3.05) is 24.6 Å². The van der Waals surface area contributed by atoms with E-state index in [1.165, 1.54) is 4.90 Å². The molecule has 3 fully saturated rings. The average molecular weight is 457 g/mol. The number of aryl methyl sites for hydroxylation is 2. The van der Waals surface area contributed by atoms with Gasteiger partial charge in [0.25, 0.3) is 5.91 Å². The summed E-state index contributed by atoms with van der Waals surface area (Å²) in [7, 11) is 0. The number of amides is 2. The first kappa shape index (κ1) is 23.4. The van der Waals surface area contributed by atoms with Gasteiger partial charge in [0.2, 0.25) is 5.91 Å². The number of ether oxygens (including phenoxy) is 1. The molecule has 8 heteroatoms. The van der Waals surface area contributed by atoms with Crippen LogP contribution in [0.25, 0.3) is 0 Å². The molecule has 4 rings (SSSR count). The lowest BCUT2D eigenvalue weighted by Crippen LogP contribution is -2.57. The minimum Gasteiger partial charge on any atom is -0.481 e. The second kappa shape index (κ2) is 7.95. The highest BCUT2D eigenvalue weighted by Gasteiger charge is 2.80. The molecule has 0 aliphatic carbocycles. The third-order valence-corrected chi connectivity index (χ3v) is 7.94. The van der Waals surface area contributed by atoms with Crippen molar-refractivity contribution in [1.82, 2.24) is 4.90 Å². The number of carboxylic acids is 1. The zero-order valence-electron chi connectivity index (χ0n) is 19.6. The van der Waals surface area contributed by atoms with Crippen LogP contribution in [0.4, 0.5) is 5.69 Å². The van der Waals surface area contributed by atoms with E-state index in [0.29, 0.717) is 6.42 Å². The van der Waals surface area contributed by atoms with Gasteiger partial charge in [0.1, 0.15) is 17.6 Å². The van der Waals surface area contributed by atoms with Gasteiger partial charge in [0, 0.05) is 18.8 Å². The van der Waals surface area contributed by atoms with Crippen LogP contribution >= 0.6 is 0 Å². The molecule has 178 valence electrons. The number of aliphatic hydroxyl groups excluding tert-OH is 1. The van der Waals surface area contributed by atoms with Gasteiger partial charge < -0.3 is 24.7 Å². The number of carbonyl (C=O) groups excluding carboxylic acids is 2. The Morgan fingerprint density at radius 1 is 1.33 bits per heavy atom. The number of para-hydroxylation sites is 1. The summed E-state index contributed by atoms with van der Waals surface area (Å²) >= 11 is 0. The van der Waals surface area contributed by atoms with E-state index >= 15 is 0 Å². The van der Waals surface area contributed by atoms with Crippen LogP contribution in [0, 0.1) is 31.6 Å². The Bertz CT molecular complexity index is 1000. The molecule has 6 atom stereocenters. The molecule has 2 bridgehead atoms. The first-order valence-electron chi connectivity index (χ1n) is 11.4. The molecule has 1 aromatic rings. The number of β-amino-alcohol motifs (C(OH)–C–C–N with tert-alkyl or cyclic N) is 1. The molecule has 33 heavy (non-hydrogen) atoms. The Morgan fingerprint density at radius 2 is 1.97 bits per heavy atom. The molecule has 3 heterocycles. The molecule has 0 aromatic heterocycles. The van der Waals surface area contributed by atoms with E-state index in [2.05, 4.69) is 6.58 Å². The number of nitrogens with zero attached hydrogens (tertiary/aromatic N) is 2. The Labute approximate surface area is 193 Å². The smallest absolute Gasteiger partial charge is 0.310 e. The summed E-state index contributed by atoms with van der Waals surface area (Å²) in [6.45, 7) is 11.1. The number of anilines is 1. The molecule has 3 unspecified atom stereocenters. The van der Waals surface area contributed by atoms with Gasteiger partial charge in [-0.15, -0.1) is 6.58 Å². The van der Waals surface area contributed by atoms with Crippen molar-refractivity contribution < 1.29 is 29.3 Å². The summed E-state index contributed by atoms with van der Waals surface area (Å²) < 4.78 is 6.46. The summed E-state index contributed by atoms with van der Waals surface area (Å²) in [5, 5.41) is 19.8.